The molecular weight excluding hydrogens is 343 g/mol. The Kier molecular flexibility index (Phi) is 5.35. The summed E-state index contributed by atoms with van der Waals surface area (Å²) in [7, 11) is 0. The fraction of sp³-hybridized carbons (Fsp3) is 0.526. The molecule has 136 valence electrons. The lowest BCUT2D eigenvalue weighted by Crippen LogP contribution is -2.46. The number of aromatic nitrogens is 1. The summed E-state index contributed by atoms with van der Waals surface area (Å²) in [6, 6.07) is 4.86. The van der Waals surface area contributed by atoms with Gasteiger partial charge >= 0.3 is 0 Å². The third-order valence-electron chi connectivity index (χ3n) is 5.70. The third-order valence-corrected chi connectivity index (χ3v) is 6.00. The first-order chi connectivity index (χ1) is 12.0. The van der Waals surface area contributed by atoms with Crippen molar-refractivity contribution in [3.63, 3.8) is 0 Å². The molecule has 1 aliphatic carbocycles. The molecular formula is C19H24ClFN2O2. The van der Waals surface area contributed by atoms with Gasteiger partial charge in [0.2, 0.25) is 0 Å². The van der Waals surface area contributed by atoms with Gasteiger partial charge in [-0.1, -0.05) is 18.5 Å². The molecule has 6 heteroatoms. The SMILES string of the molecule is CC[C@]1([C@@H](N)CF)CC[C@@H](Oc2cc3cc[nH]c(=O)c3cc2Cl)CC1. The molecule has 25 heavy (non-hydrogen) atoms. The van der Waals surface area contributed by atoms with Gasteiger partial charge in [0.15, 0.2) is 0 Å². The van der Waals surface area contributed by atoms with Crippen LogP contribution < -0.4 is 16.0 Å². The summed E-state index contributed by atoms with van der Waals surface area (Å²) in [6.07, 6.45) is 5.87. The number of ether oxygens (including phenoxy) is 1. The minimum absolute atomic E-state index is 0.0310. The zero-order valence-corrected chi connectivity index (χ0v) is 15.1. The van der Waals surface area contributed by atoms with Gasteiger partial charge in [-0.3, -0.25) is 4.79 Å². The molecule has 0 amide bonds. The van der Waals surface area contributed by atoms with Gasteiger partial charge in [0.1, 0.15) is 12.4 Å². The van der Waals surface area contributed by atoms with E-state index in [1.807, 2.05) is 12.1 Å². The molecule has 0 spiro atoms. The van der Waals surface area contributed by atoms with Crippen molar-refractivity contribution < 1.29 is 9.13 Å². The standard InChI is InChI=1S/C19H24ClFN2O2/c1-2-19(17(22)11-21)6-3-13(4-7-19)25-16-9-12-5-8-23-18(24)14(12)10-15(16)20/h5,8-10,13,17H,2-4,6-7,11,22H2,1H3,(H,23,24)/t13-,17-,19+/m0/s1. The van der Waals surface area contributed by atoms with Crippen molar-refractivity contribution in [1.29, 1.82) is 0 Å². The normalized spacial score (nSPS) is 25.0. The Hall–Kier alpha value is -1.59. The van der Waals surface area contributed by atoms with Crippen LogP contribution in [0.2, 0.25) is 5.02 Å². The largest absolute Gasteiger partial charge is 0.489 e. The first kappa shape index (κ1) is 18.2. The topological polar surface area (TPSA) is 68.1 Å². The fourth-order valence-electron chi connectivity index (χ4n) is 3.89. The number of benzene rings is 1. The maximum absolute atomic E-state index is 13.1. The number of hydrogen-bond acceptors (Lipinski definition) is 3. The molecule has 1 heterocycles. The fourth-order valence-corrected chi connectivity index (χ4v) is 4.10. The lowest BCUT2D eigenvalue weighted by molar-refractivity contribution is 0.0513. The molecule has 1 saturated carbocycles. The van der Waals surface area contributed by atoms with Crippen molar-refractivity contribution in [3.8, 4) is 5.75 Å². The predicted molar refractivity (Wildman–Crippen MR) is 99.1 cm³/mol. The Labute approximate surface area is 151 Å². The maximum Gasteiger partial charge on any atom is 0.255 e. The van der Waals surface area contributed by atoms with Crippen molar-refractivity contribution in [3.05, 3.63) is 39.8 Å². The van der Waals surface area contributed by atoms with Crippen molar-refractivity contribution in [2.24, 2.45) is 11.1 Å². The van der Waals surface area contributed by atoms with Crippen LogP contribution in [-0.4, -0.2) is 23.8 Å². The number of alkyl halides is 1. The number of hydrogen-bond donors (Lipinski definition) is 2. The quantitative estimate of drug-likeness (QED) is 0.833. The second kappa shape index (κ2) is 7.34. The number of halogens is 2. The molecule has 1 atom stereocenters. The number of rotatable bonds is 5. The van der Waals surface area contributed by atoms with E-state index in [9.17, 15) is 9.18 Å². The molecule has 1 fully saturated rings. The highest BCUT2D eigenvalue weighted by Crippen LogP contribution is 2.43. The first-order valence-corrected chi connectivity index (χ1v) is 9.16. The van der Waals surface area contributed by atoms with Crippen molar-refractivity contribution >= 4 is 22.4 Å². The van der Waals surface area contributed by atoms with Crippen LogP contribution in [0.1, 0.15) is 39.0 Å². The molecule has 1 aromatic carbocycles. The second-order valence-electron chi connectivity index (χ2n) is 6.97. The van der Waals surface area contributed by atoms with E-state index in [4.69, 9.17) is 22.1 Å². The number of H-pyrrole nitrogens is 1. The lowest BCUT2D eigenvalue weighted by atomic mass is 9.67. The number of nitrogens with two attached hydrogens (primary N) is 1. The molecule has 0 saturated heterocycles. The van der Waals surface area contributed by atoms with Crippen molar-refractivity contribution in [2.45, 2.75) is 51.2 Å². The molecule has 0 bridgehead atoms. The Morgan fingerprint density at radius 2 is 2.16 bits per heavy atom. The van der Waals surface area contributed by atoms with Gasteiger partial charge in [-0.2, -0.15) is 0 Å². The Balaban J connectivity index is 1.75. The number of nitrogens with one attached hydrogen (secondary N) is 1. The van der Waals surface area contributed by atoms with E-state index in [2.05, 4.69) is 11.9 Å². The lowest BCUT2D eigenvalue weighted by Gasteiger charge is -2.42. The third kappa shape index (κ3) is 3.53. The van der Waals surface area contributed by atoms with Crippen LogP contribution in [0.3, 0.4) is 0 Å². The van der Waals surface area contributed by atoms with E-state index in [1.54, 1.807) is 12.3 Å². The van der Waals surface area contributed by atoms with Gasteiger partial charge in [0.25, 0.3) is 5.56 Å². The first-order valence-electron chi connectivity index (χ1n) is 8.78. The van der Waals surface area contributed by atoms with Crippen LogP contribution in [0, 0.1) is 5.41 Å². The smallest absolute Gasteiger partial charge is 0.255 e. The van der Waals surface area contributed by atoms with Crippen LogP contribution in [0.15, 0.2) is 29.2 Å². The van der Waals surface area contributed by atoms with Crippen molar-refractivity contribution in [2.75, 3.05) is 6.67 Å². The molecule has 4 nitrogen and oxygen atoms in total. The molecule has 0 unspecified atom stereocenters. The molecule has 0 radical (unpaired) electrons. The summed E-state index contributed by atoms with van der Waals surface area (Å²) in [5.74, 6) is 0.587. The number of aromatic amines is 1. The highest BCUT2D eigenvalue weighted by atomic mass is 35.5. The zero-order valence-electron chi connectivity index (χ0n) is 14.4. The second-order valence-corrected chi connectivity index (χ2v) is 7.38. The summed E-state index contributed by atoms with van der Waals surface area (Å²) in [6.45, 7) is 1.60. The van der Waals surface area contributed by atoms with E-state index < -0.39 is 12.7 Å². The molecule has 1 aliphatic rings. The highest BCUT2D eigenvalue weighted by molar-refractivity contribution is 6.32. The summed E-state index contributed by atoms with van der Waals surface area (Å²) < 4.78 is 19.2. The molecule has 3 N–H and O–H groups in total. The maximum atomic E-state index is 13.1. The monoisotopic (exact) mass is 366 g/mol. The van der Waals surface area contributed by atoms with Gasteiger partial charge in [0, 0.05) is 17.6 Å². The van der Waals surface area contributed by atoms with Gasteiger partial charge in [-0.05, 0) is 61.1 Å². The van der Waals surface area contributed by atoms with Gasteiger partial charge in [-0.15, -0.1) is 0 Å². The molecule has 0 aliphatic heterocycles. The summed E-state index contributed by atoms with van der Waals surface area (Å²) in [5, 5.41) is 1.76. The Bertz CT molecular complexity index is 800. The van der Waals surface area contributed by atoms with Crippen LogP contribution in [0.4, 0.5) is 4.39 Å². The van der Waals surface area contributed by atoms with Gasteiger partial charge in [0.05, 0.1) is 11.1 Å². The minimum atomic E-state index is -0.482. The highest BCUT2D eigenvalue weighted by Gasteiger charge is 2.39. The molecule has 3 rings (SSSR count). The number of fused-ring (bicyclic) bond motifs is 1. The van der Waals surface area contributed by atoms with Gasteiger partial charge < -0.3 is 15.5 Å². The minimum Gasteiger partial charge on any atom is -0.489 e. The van der Waals surface area contributed by atoms with Crippen LogP contribution in [0.25, 0.3) is 10.8 Å². The summed E-state index contributed by atoms with van der Waals surface area (Å²) >= 11 is 6.30. The van der Waals surface area contributed by atoms with Crippen LogP contribution in [-0.2, 0) is 0 Å². The average molecular weight is 367 g/mol. The summed E-state index contributed by atoms with van der Waals surface area (Å²) in [4.78, 5) is 14.5. The summed E-state index contributed by atoms with van der Waals surface area (Å²) in [5.41, 5.74) is 5.72. The number of pyridine rings is 1. The van der Waals surface area contributed by atoms with E-state index in [1.165, 1.54) is 0 Å². The van der Waals surface area contributed by atoms with Gasteiger partial charge in [-0.25, -0.2) is 4.39 Å². The predicted octanol–water partition coefficient (Wildman–Crippen LogP) is 4.20. The van der Waals surface area contributed by atoms with Crippen molar-refractivity contribution in [1.82, 2.24) is 4.98 Å². The van der Waals surface area contributed by atoms with E-state index in [0.29, 0.717) is 16.2 Å². The Morgan fingerprint density at radius 1 is 1.44 bits per heavy atom. The van der Waals surface area contributed by atoms with Crippen LogP contribution >= 0.6 is 11.6 Å². The zero-order chi connectivity index (χ0) is 18.0. The van der Waals surface area contributed by atoms with E-state index in [0.717, 1.165) is 37.5 Å². The van der Waals surface area contributed by atoms with Crippen LogP contribution in [0.5, 0.6) is 5.75 Å². The van der Waals surface area contributed by atoms with E-state index in [-0.39, 0.29) is 17.1 Å². The molecule has 1 aromatic heterocycles. The average Bonchev–Trinajstić information content (AvgIpc) is 2.63. The molecule has 2 aromatic rings. The Morgan fingerprint density at radius 3 is 2.80 bits per heavy atom. The van der Waals surface area contributed by atoms with E-state index >= 15 is 0 Å².